The Bertz CT molecular complexity index is 1000. The summed E-state index contributed by atoms with van der Waals surface area (Å²) in [7, 11) is -4.60. The lowest BCUT2D eigenvalue weighted by atomic mass is 10.2. The molecule has 1 heterocycles. The second-order valence-corrected chi connectivity index (χ2v) is 7.53. The number of hydrogen-bond acceptors (Lipinski definition) is 5. The van der Waals surface area contributed by atoms with Crippen molar-refractivity contribution in [1.82, 2.24) is 9.55 Å². The number of anilines is 1. The highest BCUT2D eigenvalue weighted by molar-refractivity contribution is 7.91. The molecule has 0 aliphatic heterocycles. The number of hydrogen-bond donors (Lipinski definition) is 2. The lowest BCUT2D eigenvalue weighted by molar-refractivity contribution is 0.234. The average molecular weight is 381 g/mol. The maximum Gasteiger partial charge on any atom is 0.341 e. The fraction of sp³-hybridized carbons (Fsp3) is 0.235. The molecule has 138 valence electrons. The number of aliphatic hydroxyl groups excluding tert-OH is 1. The number of sulfone groups is 1. The zero-order valence-electron chi connectivity index (χ0n) is 13.6. The van der Waals surface area contributed by atoms with Gasteiger partial charge in [-0.05, 0) is 29.8 Å². The molecular weight excluding hydrogens is 364 g/mol. The van der Waals surface area contributed by atoms with Crippen LogP contribution in [0.4, 0.5) is 14.7 Å². The summed E-state index contributed by atoms with van der Waals surface area (Å²) < 4.78 is 50.1. The summed E-state index contributed by atoms with van der Waals surface area (Å²) in [5, 5.41) is 12.0. The van der Waals surface area contributed by atoms with Crippen LogP contribution in [0.5, 0.6) is 0 Å². The van der Waals surface area contributed by atoms with E-state index in [1.807, 2.05) is 28.8 Å². The van der Waals surface area contributed by atoms with Crippen LogP contribution >= 0.6 is 0 Å². The third-order valence-electron chi connectivity index (χ3n) is 3.88. The summed E-state index contributed by atoms with van der Waals surface area (Å²) in [5.41, 5.74) is 2.36. The second kappa shape index (κ2) is 7.38. The van der Waals surface area contributed by atoms with Gasteiger partial charge >= 0.3 is 5.76 Å². The third-order valence-corrected chi connectivity index (χ3v) is 5.27. The zero-order chi connectivity index (χ0) is 18.7. The Morgan fingerprint density at radius 1 is 1.12 bits per heavy atom. The summed E-state index contributed by atoms with van der Waals surface area (Å²) in [5.74, 6) is -2.88. The fourth-order valence-electron chi connectivity index (χ4n) is 2.61. The fourth-order valence-corrected chi connectivity index (χ4v) is 3.33. The largest absolute Gasteiger partial charge is 0.395 e. The zero-order valence-corrected chi connectivity index (χ0v) is 14.5. The van der Waals surface area contributed by atoms with Gasteiger partial charge in [0.05, 0.1) is 29.1 Å². The number of aromatic nitrogens is 2. The minimum absolute atomic E-state index is 0.0522. The summed E-state index contributed by atoms with van der Waals surface area (Å²) in [6.07, 6.45) is 0. The highest BCUT2D eigenvalue weighted by atomic mass is 32.2. The summed E-state index contributed by atoms with van der Waals surface area (Å²) in [6, 6.07) is 12.8. The number of aliphatic hydroxyl groups is 1. The van der Waals surface area contributed by atoms with E-state index in [9.17, 15) is 17.2 Å². The topological polar surface area (TPSA) is 84.2 Å². The van der Waals surface area contributed by atoms with Crippen LogP contribution in [-0.2, 0) is 16.4 Å². The predicted molar refractivity (Wildman–Crippen MR) is 94.0 cm³/mol. The lowest BCUT2D eigenvalue weighted by Crippen LogP contribution is -2.13. The van der Waals surface area contributed by atoms with Crippen LogP contribution in [0.15, 0.2) is 53.4 Å². The van der Waals surface area contributed by atoms with Crippen LogP contribution in [-0.4, -0.2) is 42.0 Å². The number of alkyl halides is 2. The SMILES string of the molecule is O=S(=O)(c1ccc(Cn2c(NCCO)nc3ccccc32)cc1)C(F)F. The molecule has 9 heteroatoms. The number of fused-ring (bicyclic) bond motifs is 1. The van der Waals surface area contributed by atoms with Crippen molar-refractivity contribution in [1.29, 1.82) is 0 Å². The number of nitrogens with one attached hydrogen (secondary N) is 1. The Morgan fingerprint density at radius 2 is 1.81 bits per heavy atom. The Hall–Kier alpha value is -2.52. The van der Waals surface area contributed by atoms with E-state index in [4.69, 9.17) is 5.11 Å². The predicted octanol–water partition coefficient (Wildman–Crippen LogP) is 2.49. The summed E-state index contributed by atoms with van der Waals surface area (Å²) in [6.45, 7) is 0.640. The van der Waals surface area contributed by atoms with Gasteiger partial charge in [0.25, 0.3) is 0 Å². The average Bonchev–Trinajstić information content (AvgIpc) is 2.98. The second-order valence-electron chi connectivity index (χ2n) is 5.61. The van der Waals surface area contributed by atoms with E-state index >= 15 is 0 Å². The molecule has 0 atom stereocenters. The quantitative estimate of drug-likeness (QED) is 0.657. The van der Waals surface area contributed by atoms with Crippen LogP contribution in [0.1, 0.15) is 5.56 Å². The first kappa shape index (κ1) is 18.3. The first-order valence-electron chi connectivity index (χ1n) is 7.84. The number of para-hydroxylation sites is 2. The molecule has 0 saturated heterocycles. The van der Waals surface area contributed by atoms with Crippen LogP contribution in [0.2, 0.25) is 0 Å². The van der Waals surface area contributed by atoms with Gasteiger partial charge in [0.15, 0.2) is 0 Å². The van der Waals surface area contributed by atoms with E-state index in [1.165, 1.54) is 24.3 Å². The summed E-state index contributed by atoms with van der Waals surface area (Å²) >= 11 is 0. The van der Waals surface area contributed by atoms with Gasteiger partial charge in [-0.15, -0.1) is 0 Å². The lowest BCUT2D eigenvalue weighted by Gasteiger charge is -2.11. The first-order valence-corrected chi connectivity index (χ1v) is 9.39. The molecule has 0 aliphatic rings. The number of benzene rings is 2. The van der Waals surface area contributed by atoms with Crippen molar-refractivity contribution < 1.29 is 22.3 Å². The van der Waals surface area contributed by atoms with E-state index in [0.29, 0.717) is 19.0 Å². The molecule has 0 bridgehead atoms. The van der Waals surface area contributed by atoms with Crippen molar-refractivity contribution in [2.24, 2.45) is 0 Å². The third kappa shape index (κ3) is 3.54. The molecule has 0 unspecified atom stereocenters. The van der Waals surface area contributed by atoms with Gasteiger partial charge in [-0.25, -0.2) is 13.4 Å². The molecule has 0 fully saturated rings. The van der Waals surface area contributed by atoms with E-state index in [0.717, 1.165) is 16.6 Å². The molecule has 0 amide bonds. The van der Waals surface area contributed by atoms with Gasteiger partial charge in [-0.2, -0.15) is 8.78 Å². The van der Waals surface area contributed by atoms with Gasteiger partial charge in [-0.3, -0.25) is 0 Å². The van der Waals surface area contributed by atoms with Gasteiger partial charge in [0.2, 0.25) is 15.8 Å². The van der Waals surface area contributed by atoms with Gasteiger partial charge in [0, 0.05) is 6.54 Å². The molecule has 2 N–H and O–H groups in total. The number of nitrogens with zero attached hydrogens (tertiary/aromatic N) is 2. The first-order chi connectivity index (χ1) is 12.4. The molecule has 0 saturated carbocycles. The van der Waals surface area contributed by atoms with Crippen molar-refractivity contribution in [3.63, 3.8) is 0 Å². The monoisotopic (exact) mass is 381 g/mol. The molecule has 2 aromatic carbocycles. The number of rotatable bonds is 7. The number of imidazole rings is 1. The highest BCUT2D eigenvalue weighted by Gasteiger charge is 2.26. The van der Waals surface area contributed by atoms with Crippen LogP contribution < -0.4 is 5.32 Å². The van der Waals surface area contributed by atoms with E-state index in [-0.39, 0.29) is 6.61 Å². The molecule has 0 radical (unpaired) electrons. The molecule has 26 heavy (non-hydrogen) atoms. The van der Waals surface area contributed by atoms with Crippen molar-refractivity contribution in [2.75, 3.05) is 18.5 Å². The molecule has 0 spiro atoms. The Balaban J connectivity index is 1.93. The Morgan fingerprint density at radius 3 is 2.46 bits per heavy atom. The van der Waals surface area contributed by atoms with Crippen LogP contribution in [0, 0.1) is 0 Å². The van der Waals surface area contributed by atoms with Crippen LogP contribution in [0.25, 0.3) is 11.0 Å². The van der Waals surface area contributed by atoms with E-state index < -0.39 is 20.5 Å². The minimum atomic E-state index is -4.60. The molecule has 1 aromatic heterocycles. The minimum Gasteiger partial charge on any atom is -0.395 e. The molecular formula is C17H17F2N3O3S. The molecule has 0 aliphatic carbocycles. The van der Waals surface area contributed by atoms with Gasteiger partial charge < -0.3 is 15.0 Å². The van der Waals surface area contributed by atoms with E-state index in [2.05, 4.69) is 10.3 Å². The Labute approximate surface area is 149 Å². The standard InChI is InChI=1S/C17H17F2N3O3S/c18-16(19)26(24,25)13-7-5-12(6-8-13)11-22-15-4-2-1-3-14(15)21-17(22)20-9-10-23/h1-8,16,23H,9-11H2,(H,20,21). The normalized spacial score (nSPS) is 12.0. The molecule has 3 rings (SSSR count). The van der Waals surface area contributed by atoms with Crippen molar-refractivity contribution >= 4 is 26.8 Å². The smallest absolute Gasteiger partial charge is 0.341 e. The number of halogens is 2. The van der Waals surface area contributed by atoms with Crippen molar-refractivity contribution in [3.05, 3.63) is 54.1 Å². The highest BCUT2D eigenvalue weighted by Crippen LogP contribution is 2.23. The maximum atomic E-state index is 12.6. The van der Waals surface area contributed by atoms with Crippen molar-refractivity contribution in [2.45, 2.75) is 17.2 Å². The maximum absolute atomic E-state index is 12.6. The van der Waals surface area contributed by atoms with Crippen LogP contribution in [0.3, 0.4) is 0 Å². The van der Waals surface area contributed by atoms with Crippen molar-refractivity contribution in [3.8, 4) is 0 Å². The van der Waals surface area contributed by atoms with E-state index in [1.54, 1.807) is 0 Å². The summed E-state index contributed by atoms with van der Waals surface area (Å²) in [4.78, 5) is 4.06. The molecule has 3 aromatic rings. The molecule has 6 nitrogen and oxygen atoms in total. The Kier molecular flexibility index (Phi) is 5.19. The van der Waals surface area contributed by atoms with Gasteiger partial charge in [0.1, 0.15) is 0 Å². The van der Waals surface area contributed by atoms with Gasteiger partial charge in [-0.1, -0.05) is 24.3 Å².